The Hall–Kier alpha value is -2.90. The van der Waals surface area contributed by atoms with Crippen molar-refractivity contribution in [3.8, 4) is 5.75 Å². The Kier molecular flexibility index (Phi) is 19.5. The molecule has 13 heteroatoms. The zero-order chi connectivity index (χ0) is 28.8. The molecule has 1 atom stereocenters. The summed E-state index contributed by atoms with van der Waals surface area (Å²) in [5, 5.41) is 29.1. The molecule has 2 amide bonds. The number of nitrogens with two attached hydrogens (primary N) is 1. The van der Waals surface area contributed by atoms with Crippen molar-refractivity contribution in [2.75, 3.05) is 39.3 Å². The number of benzene rings is 1. The molecule has 1 aromatic carbocycles. The number of carboxylic acids is 1. The lowest BCUT2D eigenvalue weighted by Crippen LogP contribution is -2.48. The van der Waals surface area contributed by atoms with Crippen LogP contribution in [0.4, 0.5) is 13.2 Å². The van der Waals surface area contributed by atoms with E-state index in [2.05, 4.69) is 21.3 Å². The number of aromatic hydroxyl groups is 1. The van der Waals surface area contributed by atoms with Gasteiger partial charge in [0.1, 0.15) is 11.8 Å². The SMILES string of the molecule is CCCC(=O)NC(Cc1ccc(O)cc1)C(=O)NCCCCNCCCNCCCN.O=C(O)C(F)(F)F. The quantitative estimate of drug-likeness (QED) is 0.136. The van der Waals surface area contributed by atoms with Gasteiger partial charge in [0.05, 0.1) is 0 Å². The van der Waals surface area contributed by atoms with E-state index < -0.39 is 18.2 Å². The fourth-order valence-corrected chi connectivity index (χ4v) is 3.10. The van der Waals surface area contributed by atoms with E-state index in [-0.39, 0.29) is 17.6 Å². The summed E-state index contributed by atoms with van der Waals surface area (Å²) >= 11 is 0. The van der Waals surface area contributed by atoms with Crippen LogP contribution in [-0.2, 0) is 20.8 Å². The third-order valence-electron chi connectivity index (χ3n) is 5.09. The number of phenols is 1. The van der Waals surface area contributed by atoms with Crippen molar-refractivity contribution in [3.05, 3.63) is 29.8 Å². The van der Waals surface area contributed by atoms with Crippen molar-refractivity contribution in [2.24, 2.45) is 5.73 Å². The van der Waals surface area contributed by atoms with Gasteiger partial charge in [0, 0.05) is 19.4 Å². The number of aliphatic carboxylic acids is 1. The van der Waals surface area contributed by atoms with Crippen LogP contribution in [0.2, 0.25) is 0 Å². The van der Waals surface area contributed by atoms with Gasteiger partial charge in [-0.1, -0.05) is 19.1 Å². The Morgan fingerprint density at radius 2 is 1.45 bits per heavy atom. The molecular formula is C25H42F3N5O5. The number of unbranched alkanes of at least 4 members (excludes halogenated alkanes) is 1. The molecule has 38 heavy (non-hydrogen) atoms. The van der Waals surface area contributed by atoms with Crippen LogP contribution in [0.3, 0.4) is 0 Å². The van der Waals surface area contributed by atoms with Gasteiger partial charge in [-0.3, -0.25) is 9.59 Å². The predicted octanol–water partition coefficient (Wildman–Crippen LogP) is 1.67. The maximum atomic E-state index is 12.6. The monoisotopic (exact) mass is 549 g/mol. The first-order valence-corrected chi connectivity index (χ1v) is 12.8. The van der Waals surface area contributed by atoms with Crippen LogP contribution >= 0.6 is 0 Å². The summed E-state index contributed by atoms with van der Waals surface area (Å²) in [7, 11) is 0. The lowest BCUT2D eigenvalue weighted by molar-refractivity contribution is -0.192. The van der Waals surface area contributed by atoms with Crippen molar-refractivity contribution >= 4 is 17.8 Å². The molecule has 0 bridgehead atoms. The van der Waals surface area contributed by atoms with Crippen molar-refractivity contribution < 1.29 is 37.8 Å². The Morgan fingerprint density at radius 1 is 0.921 bits per heavy atom. The van der Waals surface area contributed by atoms with E-state index >= 15 is 0 Å². The molecule has 0 spiro atoms. The van der Waals surface area contributed by atoms with Crippen LogP contribution in [0, 0.1) is 0 Å². The number of hydrogen-bond donors (Lipinski definition) is 7. The van der Waals surface area contributed by atoms with Gasteiger partial charge >= 0.3 is 12.1 Å². The van der Waals surface area contributed by atoms with Gasteiger partial charge < -0.3 is 37.2 Å². The zero-order valence-electron chi connectivity index (χ0n) is 21.9. The second-order valence-corrected chi connectivity index (χ2v) is 8.54. The molecule has 0 fully saturated rings. The molecule has 0 aliphatic rings. The lowest BCUT2D eigenvalue weighted by atomic mass is 10.0. The number of carbonyl (C=O) groups excluding carboxylic acids is 2. The number of halogens is 3. The first-order chi connectivity index (χ1) is 18.0. The average Bonchev–Trinajstić information content (AvgIpc) is 2.85. The molecule has 0 heterocycles. The third kappa shape index (κ3) is 19.2. The van der Waals surface area contributed by atoms with E-state index in [4.69, 9.17) is 15.6 Å². The summed E-state index contributed by atoms with van der Waals surface area (Å²) in [6.45, 7) is 7.10. The fourth-order valence-electron chi connectivity index (χ4n) is 3.10. The summed E-state index contributed by atoms with van der Waals surface area (Å²) in [4.78, 5) is 33.6. The van der Waals surface area contributed by atoms with E-state index in [1.165, 1.54) is 0 Å². The van der Waals surface area contributed by atoms with E-state index in [0.29, 0.717) is 19.4 Å². The summed E-state index contributed by atoms with van der Waals surface area (Å²) in [6, 6.07) is 6.08. The lowest BCUT2D eigenvalue weighted by Gasteiger charge is -2.19. The normalized spacial score (nSPS) is 11.7. The smallest absolute Gasteiger partial charge is 0.490 e. The maximum Gasteiger partial charge on any atom is 0.490 e. The van der Waals surface area contributed by atoms with E-state index in [1.807, 2.05) is 6.92 Å². The van der Waals surface area contributed by atoms with Gasteiger partial charge in [-0.25, -0.2) is 4.79 Å². The second kappa shape index (κ2) is 21.1. The standard InChI is InChI=1S/C23H41N5O3.C2HF3O2/c1-2-7-22(30)28-21(18-19-8-10-20(29)11-9-19)23(31)27-17-4-3-13-25-15-6-16-26-14-5-12-24;3-2(4,5)1(6)7/h8-11,21,25-26,29H,2-7,12-18,24H2,1H3,(H,27,31)(H,28,30);(H,6,7). The second-order valence-electron chi connectivity index (χ2n) is 8.54. The van der Waals surface area contributed by atoms with Crippen molar-refractivity contribution in [1.29, 1.82) is 0 Å². The predicted molar refractivity (Wildman–Crippen MR) is 139 cm³/mol. The number of phenolic OH excluding ortho intramolecular Hbond substituents is 1. The summed E-state index contributed by atoms with van der Waals surface area (Å²) in [5.74, 6) is -2.87. The number of rotatable bonds is 18. The van der Waals surface area contributed by atoms with Crippen molar-refractivity contribution in [1.82, 2.24) is 21.3 Å². The Balaban J connectivity index is 0.00000171. The molecule has 8 N–H and O–H groups in total. The van der Waals surface area contributed by atoms with Crippen LogP contribution < -0.4 is 27.0 Å². The molecule has 1 rings (SSSR count). The van der Waals surface area contributed by atoms with Gasteiger partial charge in [-0.15, -0.1) is 0 Å². The Morgan fingerprint density at radius 3 is 1.97 bits per heavy atom. The highest BCUT2D eigenvalue weighted by atomic mass is 19.4. The third-order valence-corrected chi connectivity index (χ3v) is 5.09. The molecule has 0 aliphatic carbocycles. The van der Waals surface area contributed by atoms with Gasteiger partial charge in [-0.05, 0) is 82.5 Å². The molecule has 1 unspecified atom stereocenters. The van der Waals surface area contributed by atoms with Crippen molar-refractivity contribution in [2.45, 2.75) is 64.1 Å². The minimum Gasteiger partial charge on any atom is -0.508 e. The van der Waals surface area contributed by atoms with Crippen LogP contribution in [0.25, 0.3) is 0 Å². The average molecular weight is 550 g/mol. The summed E-state index contributed by atoms with van der Waals surface area (Å²) in [6.07, 6.45) is 0.384. The topological polar surface area (TPSA) is 166 Å². The van der Waals surface area contributed by atoms with E-state index in [9.17, 15) is 27.9 Å². The van der Waals surface area contributed by atoms with Crippen LogP contribution in [0.1, 0.15) is 51.0 Å². The summed E-state index contributed by atoms with van der Waals surface area (Å²) < 4.78 is 31.7. The minimum atomic E-state index is -5.08. The van der Waals surface area contributed by atoms with Crippen LogP contribution in [-0.4, -0.2) is 79.5 Å². The number of carboxylic acid groups (broad SMARTS) is 1. The molecule has 0 aromatic heterocycles. The Labute approximate surface area is 221 Å². The molecule has 1 aromatic rings. The zero-order valence-corrected chi connectivity index (χ0v) is 21.9. The van der Waals surface area contributed by atoms with Gasteiger partial charge in [0.15, 0.2) is 0 Å². The molecule has 0 aliphatic heterocycles. The highest BCUT2D eigenvalue weighted by Gasteiger charge is 2.38. The van der Waals surface area contributed by atoms with E-state index in [0.717, 1.165) is 70.4 Å². The van der Waals surface area contributed by atoms with Crippen LogP contribution in [0.15, 0.2) is 24.3 Å². The minimum absolute atomic E-state index is 0.122. The number of amides is 2. The van der Waals surface area contributed by atoms with Gasteiger partial charge in [0.2, 0.25) is 11.8 Å². The van der Waals surface area contributed by atoms with Crippen molar-refractivity contribution in [3.63, 3.8) is 0 Å². The highest BCUT2D eigenvalue weighted by Crippen LogP contribution is 2.13. The van der Waals surface area contributed by atoms with E-state index in [1.54, 1.807) is 24.3 Å². The summed E-state index contributed by atoms with van der Waals surface area (Å²) in [5.41, 5.74) is 6.34. The molecule has 0 radical (unpaired) electrons. The highest BCUT2D eigenvalue weighted by molar-refractivity contribution is 5.87. The fraction of sp³-hybridized carbons (Fsp3) is 0.640. The van der Waals surface area contributed by atoms with Crippen LogP contribution in [0.5, 0.6) is 5.75 Å². The maximum absolute atomic E-state index is 12.6. The Bertz CT molecular complexity index is 795. The number of hydrogen-bond acceptors (Lipinski definition) is 7. The molecule has 0 saturated heterocycles. The molecule has 218 valence electrons. The van der Waals surface area contributed by atoms with Gasteiger partial charge in [-0.2, -0.15) is 13.2 Å². The molecule has 0 saturated carbocycles. The first kappa shape index (κ1) is 35.1. The number of carbonyl (C=O) groups is 3. The van der Waals surface area contributed by atoms with Gasteiger partial charge in [0.25, 0.3) is 0 Å². The number of nitrogens with one attached hydrogen (secondary N) is 4. The largest absolute Gasteiger partial charge is 0.508 e. The molecule has 10 nitrogen and oxygen atoms in total. The first-order valence-electron chi connectivity index (χ1n) is 12.8. The molecular weight excluding hydrogens is 507 g/mol. The number of alkyl halides is 3.